The number of rotatable bonds is 0. The molecule has 0 unspecified atom stereocenters. The van der Waals surface area contributed by atoms with Crippen molar-refractivity contribution in [3.8, 4) is 12.3 Å². The number of benzene rings is 1. The zero-order valence-corrected chi connectivity index (χ0v) is 7.79. The van der Waals surface area contributed by atoms with Crippen molar-refractivity contribution < 1.29 is 4.39 Å². The van der Waals surface area contributed by atoms with E-state index in [1.807, 2.05) is 0 Å². The Kier molecular flexibility index (Phi) is 1.94. The smallest absolute Gasteiger partial charge is 0.139 e. The van der Waals surface area contributed by atoms with Crippen molar-refractivity contribution in [2.45, 2.75) is 0 Å². The second-order valence-corrected chi connectivity index (χ2v) is 3.10. The summed E-state index contributed by atoms with van der Waals surface area (Å²) in [6.07, 6.45) is 5.22. The van der Waals surface area contributed by atoms with Gasteiger partial charge in [-0.05, 0) is 12.1 Å². The van der Waals surface area contributed by atoms with Crippen LogP contribution in [0.1, 0.15) is 5.56 Å². The van der Waals surface area contributed by atoms with Crippen LogP contribution in [0.2, 0.25) is 0 Å². The lowest BCUT2D eigenvalue weighted by atomic mass is 10.1. The molecule has 0 bridgehead atoms. The van der Waals surface area contributed by atoms with Crippen molar-refractivity contribution in [1.29, 1.82) is 0 Å². The van der Waals surface area contributed by atoms with Gasteiger partial charge in [-0.15, -0.1) is 6.42 Å². The van der Waals surface area contributed by atoms with Gasteiger partial charge in [0.2, 0.25) is 0 Å². The minimum Gasteiger partial charge on any atom is -0.398 e. The van der Waals surface area contributed by atoms with Crippen LogP contribution in [0.25, 0.3) is 10.9 Å². The van der Waals surface area contributed by atoms with Gasteiger partial charge in [0.25, 0.3) is 0 Å². The van der Waals surface area contributed by atoms with E-state index < -0.39 is 5.82 Å². The monoisotopic (exact) mass is 201 g/mol. The summed E-state index contributed by atoms with van der Waals surface area (Å²) < 4.78 is 13.3. The molecule has 2 aromatic rings. The molecule has 0 atom stereocenters. The first-order chi connectivity index (χ1) is 7.13. The third kappa shape index (κ3) is 1.34. The number of aromatic nitrogens is 1. The lowest BCUT2D eigenvalue weighted by Gasteiger charge is -2.06. The number of pyridine rings is 1. The molecular formula is C11H8FN3. The Labute approximate surface area is 85.9 Å². The van der Waals surface area contributed by atoms with Crippen molar-refractivity contribution in [2.24, 2.45) is 0 Å². The van der Waals surface area contributed by atoms with Gasteiger partial charge in [0, 0.05) is 17.1 Å². The van der Waals surface area contributed by atoms with Gasteiger partial charge >= 0.3 is 0 Å². The van der Waals surface area contributed by atoms with Gasteiger partial charge in [0.1, 0.15) is 11.6 Å². The van der Waals surface area contributed by atoms with Crippen molar-refractivity contribution in [3.05, 3.63) is 29.6 Å². The number of terminal acetylenes is 1. The summed E-state index contributed by atoms with van der Waals surface area (Å²) in [5.74, 6) is 2.07. The van der Waals surface area contributed by atoms with E-state index in [4.69, 9.17) is 17.9 Å². The molecule has 0 saturated carbocycles. The molecule has 1 aromatic heterocycles. The molecule has 1 heterocycles. The zero-order chi connectivity index (χ0) is 11.0. The quantitative estimate of drug-likeness (QED) is 0.635. The predicted molar refractivity (Wildman–Crippen MR) is 58.5 cm³/mol. The molecule has 4 heteroatoms. The van der Waals surface area contributed by atoms with E-state index in [2.05, 4.69) is 10.9 Å². The van der Waals surface area contributed by atoms with Crippen LogP contribution in [0, 0.1) is 18.2 Å². The molecule has 0 aliphatic heterocycles. The first kappa shape index (κ1) is 9.28. The highest BCUT2D eigenvalue weighted by molar-refractivity contribution is 5.96. The molecule has 0 aliphatic rings. The molecule has 0 amide bonds. The fourth-order valence-corrected chi connectivity index (χ4v) is 1.50. The van der Waals surface area contributed by atoms with Gasteiger partial charge in [-0.3, -0.25) is 0 Å². The van der Waals surface area contributed by atoms with Crippen LogP contribution in [-0.4, -0.2) is 4.98 Å². The van der Waals surface area contributed by atoms with Crippen LogP contribution >= 0.6 is 0 Å². The van der Waals surface area contributed by atoms with Gasteiger partial charge < -0.3 is 11.5 Å². The number of fused-ring (bicyclic) bond motifs is 1. The molecule has 0 spiro atoms. The third-order valence-electron chi connectivity index (χ3n) is 2.12. The van der Waals surface area contributed by atoms with E-state index in [1.54, 1.807) is 0 Å². The van der Waals surface area contributed by atoms with Crippen molar-refractivity contribution in [3.63, 3.8) is 0 Å². The van der Waals surface area contributed by atoms with Crippen molar-refractivity contribution in [2.75, 3.05) is 11.5 Å². The second kappa shape index (κ2) is 3.14. The number of hydrogen-bond donors (Lipinski definition) is 2. The van der Waals surface area contributed by atoms with Gasteiger partial charge in [-0.25, -0.2) is 9.37 Å². The minimum atomic E-state index is -0.483. The van der Waals surface area contributed by atoms with Crippen LogP contribution in [0.5, 0.6) is 0 Å². The summed E-state index contributed by atoms with van der Waals surface area (Å²) in [7, 11) is 0. The van der Waals surface area contributed by atoms with Crippen LogP contribution in [-0.2, 0) is 0 Å². The Hall–Kier alpha value is -2.28. The van der Waals surface area contributed by atoms with E-state index in [0.29, 0.717) is 16.6 Å². The van der Waals surface area contributed by atoms with Gasteiger partial charge in [0.15, 0.2) is 0 Å². The minimum absolute atomic E-state index is 0.123. The maximum atomic E-state index is 13.3. The molecule has 0 saturated heterocycles. The molecule has 74 valence electrons. The number of nitrogen functional groups attached to an aromatic ring is 2. The topological polar surface area (TPSA) is 64.9 Å². The second-order valence-electron chi connectivity index (χ2n) is 3.10. The van der Waals surface area contributed by atoms with Gasteiger partial charge in [-0.1, -0.05) is 5.92 Å². The van der Waals surface area contributed by atoms with E-state index in [1.165, 1.54) is 18.2 Å². The Balaban J connectivity index is 3.00. The lowest BCUT2D eigenvalue weighted by molar-refractivity contribution is 0.626. The number of nitrogens with zero attached hydrogens (tertiary/aromatic N) is 1. The summed E-state index contributed by atoms with van der Waals surface area (Å²) >= 11 is 0. The lowest BCUT2D eigenvalue weighted by Crippen LogP contribution is -1.98. The summed E-state index contributed by atoms with van der Waals surface area (Å²) in [5, 5.41) is 0.437. The fraction of sp³-hybridized carbons (Fsp3) is 0. The maximum absolute atomic E-state index is 13.3. The van der Waals surface area contributed by atoms with E-state index >= 15 is 0 Å². The highest BCUT2D eigenvalue weighted by Gasteiger charge is 2.09. The Bertz CT molecular complexity index is 584. The predicted octanol–water partition coefficient (Wildman–Crippen LogP) is 1.52. The molecule has 3 nitrogen and oxygen atoms in total. The third-order valence-corrected chi connectivity index (χ3v) is 2.12. The Morgan fingerprint density at radius 2 is 2.07 bits per heavy atom. The molecule has 4 N–H and O–H groups in total. The molecule has 15 heavy (non-hydrogen) atoms. The summed E-state index contributed by atoms with van der Waals surface area (Å²) in [6.45, 7) is 0. The van der Waals surface area contributed by atoms with Crippen molar-refractivity contribution in [1.82, 2.24) is 4.98 Å². The van der Waals surface area contributed by atoms with Crippen LogP contribution in [0.4, 0.5) is 15.9 Å². The van der Waals surface area contributed by atoms with Crippen LogP contribution in [0.15, 0.2) is 18.2 Å². The molecular weight excluding hydrogens is 193 g/mol. The molecule has 0 radical (unpaired) electrons. The maximum Gasteiger partial charge on any atom is 0.139 e. The van der Waals surface area contributed by atoms with E-state index in [0.717, 1.165) is 0 Å². The normalized spacial score (nSPS) is 10.1. The Morgan fingerprint density at radius 1 is 1.33 bits per heavy atom. The van der Waals surface area contributed by atoms with E-state index in [-0.39, 0.29) is 11.4 Å². The fourth-order valence-electron chi connectivity index (χ4n) is 1.50. The average molecular weight is 201 g/mol. The highest BCUT2D eigenvalue weighted by Crippen LogP contribution is 2.26. The average Bonchev–Trinajstić information content (AvgIpc) is 2.18. The van der Waals surface area contributed by atoms with Crippen LogP contribution < -0.4 is 11.5 Å². The molecule has 2 rings (SSSR count). The largest absolute Gasteiger partial charge is 0.398 e. The standard InChI is InChI=1S/C11H8FN3/c1-2-6-7(12)3-4-9-11(6)8(13)5-10(14)15-9/h1,3-5H,(H4,13,14,15). The van der Waals surface area contributed by atoms with Gasteiger partial charge in [-0.2, -0.15) is 0 Å². The number of nitrogens with two attached hydrogens (primary N) is 2. The zero-order valence-electron chi connectivity index (χ0n) is 7.79. The Morgan fingerprint density at radius 3 is 2.73 bits per heavy atom. The first-order valence-electron chi connectivity index (χ1n) is 4.24. The molecule has 0 fully saturated rings. The van der Waals surface area contributed by atoms with Gasteiger partial charge in [0.05, 0.1) is 11.1 Å². The highest BCUT2D eigenvalue weighted by atomic mass is 19.1. The number of anilines is 2. The summed E-state index contributed by atoms with van der Waals surface area (Å²) in [5.41, 5.74) is 12.2. The molecule has 1 aromatic carbocycles. The first-order valence-corrected chi connectivity index (χ1v) is 4.24. The summed E-state index contributed by atoms with van der Waals surface area (Å²) in [4.78, 5) is 4.02. The number of halogens is 1. The molecule has 0 aliphatic carbocycles. The SMILES string of the molecule is C#Cc1c(F)ccc2nc(N)cc(N)c12. The van der Waals surface area contributed by atoms with E-state index in [9.17, 15) is 4.39 Å². The van der Waals surface area contributed by atoms with Crippen molar-refractivity contribution >= 4 is 22.4 Å². The number of hydrogen-bond acceptors (Lipinski definition) is 3. The van der Waals surface area contributed by atoms with Crippen LogP contribution in [0.3, 0.4) is 0 Å². The summed E-state index contributed by atoms with van der Waals surface area (Å²) in [6, 6.07) is 4.21.